The molecule has 0 bridgehead atoms. The zero-order chi connectivity index (χ0) is 15.4. The standard InChI is InChI=1S/C16H21ClN4S/c1-21-8-2-3-13(11-21)10-18-16-20-19-15(22-16)9-12-4-6-14(17)7-5-12/h4-7,13H,2-3,8-11H2,1H3,(H,18,20). The lowest BCUT2D eigenvalue weighted by atomic mass is 9.99. The van der Waals surface area contributed by atoms with E-state index in [0.29, 0.717) is 5.92 Å². The van der Waals surface area contributed by atoms with Crippen molar-refractivity contribution < 1.29 is 0 Å². The average molecular weight is 337 g/mol. The average Bonchev–Trinajstić information content (AvgIpc) is 2.95. The first-order chi connectivity index (χ1) is 10.7. The number of hydrogen-bond acceptors (Lipinski definition) is 5. The van der Waals surface area contributed by atoms with E-state index in [2.05, 4.69) is 27.5 Å². The number of aromatic nitrogens is 2. The Hall–Kier alpha value is -1.17. The second-order valence-electron chi connectivity index (χ2n) is 5.96. The van der Waals surface area contributed by atoms with Gasteiger partial charge in [0.15, 0.2) is 0 Å². The van der Waals surface area contributed by atoms with Gasteiger partial charge in [-0.05, 0) is 50.0 Å². The molecule has 2 aromatic rings. The van der Waals surface area contributed by atoms with Crippen molar-refractivity contribution in [3.63, 3.8) is 0 Å². The maximum Gasteiger partial charge on any atom is 0.205 e. The summed E-state index contributed by atoms with van der Waals surface area (Å²) in [6.45, 7) is 3.38. The van der Waals surface area contributed by atoms with Crippen molar-refractivity contribution in [3.05, 3.63) is 39.9 Å². The molecule has 0 amide bonds. The summed E-state index contributed by atoms with van der Waals surface area (Å²) < 4.78 is 0. The highest BCUT2D eigenvalue weighted by molar-refractivity contribution is 7.15. The fraction of sp³-hybridized carbons (Fsp3) is 0.500. The van der Waals surface area contributed by atoms with E-state index >= 15 is 0 Å². The molecule has 118 valence electrons. The third kappa shape index (κ3) is 4.41. The van der Waals surface area contributed by atoms with Crippen LogP contribution < -0.4 is 5.32 Å². The number of nitrogens with one attached hydrogen (secondary N) is 1. The number of rotatable bonds is 5. The molecule has 1 unspecified atom stereocenters. The summed E-state index contributed by atoms with van der Waals surface area (Å²) in [4.78, 5) is 2.40. The summed E-state index contributed by atoms with van der Waals surface area (Å²) in [6.07, 6.45) is 3.40. The first-order valence-corrected chi connectivity index (χ1v) is 8.88. The minimum Gasteiger partial charge on any atom is -0.360 e. The van der Waals surface area contributed by atoms with Crippen molar-refractivity contribution in [2.75, 3.05) is 32.0 Å². The predicted molar refractivity (Wildman–Crippen MR) is 92.9 cm³/mol. The highest BCUT2D eigenvalue weighted by atomic mass is 35.5. The molecule has 6 heteroatoms. The van der Waals surface area contributed by atoms with Crippen molar-refractivity contribution >= 4 is 28.1 Å². The van der Waals surface area contributed by atoms with E-state index in [1.54, 1.807) is 11.3 Å². The van der Waals surface area contributed by atoms with E-state index < -0.39 is 0 Å². The molecule has 0 aliphatic carbocycles. The number of anilines is 1. The van der Waals surface area contributed by atoms with Gasteiger partial charge in [-0.25, -0.2) is 0 Å². The first-order valence-electron chi connectivity index (χ1n) is 7.68. The Kier molecular flexibility index (Phi) is 5.28. The van der Waals surface area contributed by atoms with Crippen molar-refractivity contribution in [2.24, 2.45) is 5.92 Å². The molecule has 2 heterocycles. The lowest BCUT2D eigenvalue weighted by molar-refractivity contribution is 0.217. The molecule has 0 radical (unpaired) electrons. The molecule has 1 aromatic carbocycles. The van der Waals surface area contributed by atoms with Gasteiger partial charge in [0.2, 0.25) is 5.13 Å². The molecule has 22 heavy (non-hydrogen) atoms. The molecule has 1 atom stereocenters. The van der Waals surface area contributed by atoms with E-state index in [1.807, 2.05) is 24.3 Å². The highest BCUT2D eigenvalue weighted by Gasteiger charge is 2.17. The second kappa shape index (κ2) is 7.40. The van der Waals surface area contributed by atoms with Gasteiger partial charge in [-0.15, -0.1) is 10.2 Å². The zero-order valence-electron chi connectivity index (χ0n) is 12.8. The molecular weight excluding hydrogens is 316 g/mol. The normalized spacial score (nSPS) is 19.3. The quantitative estimate of drug-likeness (QED) is 0.906. The van der Waals surface area contributed by atoms with Crippen LogP contribution in [0.1, 0.15) is 23.4 Å². The Labute approximate surface area is 140 Å². The van der Waals surface area contributed by atoms with Gasteiger partial charge in [0, 0.05) is 24.5 Å². The van der Waals surface area contributed by atoms with Gasteiger partial charge in [-0.1, -0.05) is 35.1 Å². The largest absolute Gasteiger partial charge is 0.360 e. The monoisotopic (exact) mass is 336 g/mol. The minimum absolute atomic E-state index is 0.711. The van der Waals surface area contributed by atoms with E-state index in [9.17, 15) is 0 Å². The summed E-state index contributed by atoms with van der Waals surface area (Å²) in [5.74, 6) is 0.711. The van der Waals surface area contributed by atoms with Crippen LogP contribution in [-0.4, -0.2) is 41.8 Å². The number of hydrogen-bond donors (Lipinski definition) is 1. The van der Waals surface area contributed by atoms with Crippen LogP contribution in [-0.2, 0) is 6.42 Å². The summed E-state index contributed by atoms with van der Waals surface area (Å²) in [5.41, 5.74) is 1.21. The number of halogens is 1. The molecular formula is C16H21ClN4S. The van der Waals surface area contributed by atoms with Crippen LogP contribution in [0.25, 0.3) is 0 Å². The lowest BCUT2D eigenvalue weighted by Crippen LogP contribution is -2.35. The van der Waals surface area contributed by atoms with Gasteiger partial charge >= 0.3 is 0 Å². The zero-order valence-corrected chi connectivity index (χ0v) is 14.3. The molecule has 1 saturated heterocycles. The Morgan fingerprint density at radius 3 is 2.91 bits per heavy atom. The molecule has 1 aliphatic rings. The van der Waals surface area contributed by atoms with Crippen LogP contribution in [0.4, 0.5) is 5.13 Å². The minimum atomic E-state index is 0.711. The third-order valence-corrected chi connectivity index (χ3v) is 5.13. The number of benzene rings is 1. The van der Waals surface area contributed by atoms with Crippen LogP contribution in [0.2, 0.25) is 5.02 Å². The number of likely N-dealkylation sites (tertiary alicyclic amines) is 1. The van der Waals surface area contributed by atoms with Gasteiger partial charge in [-0.3, -0.25) is 0 Å². The Bertz CT molecular complexity index is 598. The number of piperidine rings is 1. The van der Waals surface area contributed by atoms with E-state index in [1.165, 1.54) is 31.5 Å². The van der Waals surface area contributed by atoms with Crippen LogP contribution in [0.3, 0.4) is 0 Å². The van der Waals surface area contributed by atoms with Crippen LogP contribution >= 0.6 is 22.9 Å². The molecule has 1 N–H and O–H groups in total. The second-order valence-corrected chi connectivity index (χ2v) is 7.45. The van der Waals surface area contributed by atoms with Crippen molar-refractivity contribution in [1.82, 2.24) is 15.1 Å². The van der Waals surface area contributed by atoms with Crippen LogP contribution in [0.15, 0.2) is 24.3 Å². The third-order valence-electron chi connectivity index (χ3n) is 4.00. The fourth-order valence-electron chi connectivity index (χ4n) is 2.84. The van der Waals surface area contributed by atoms with E-state index in [-0.39, 0.29) is 0 Å². The molecule has 1 aromatic heterocycles. The number of nitrogens with zero attached hydrogens (tertiary/aromatic N) is 3. The van der Waals surface area contributed by atoms with Crippen molar-refractivity contribution in [1.29, 1.82) is 0 Å². The van der Waals surface area contributed by atoms with Crippen molar-refractivity contribution in [2.45, 2.75) is 19.3 Å². The molecule has 3 rings (SSSR count). The van der Waals surface area contributed by atoms with Gasteiger partial charge in [0.05, 0.1) is 0 Å². The smallest absolute Gasteiger partial charge is 0.205 e. The Morgan fingerprint density at radius 1 is 1.32 bits per heavy atom. The predicted octanol–water partition coefficient (Wildman–Crippen LogP) is 3.54. The fourth-order valence-corrected chi connectivity index (χ4v) is 3.75. The van der Waals surface area contributed by atoms with E-state index in [4.69, 9.17) is 11.6 Å². The Morgan fingerprint density at radius 2 is 2.14 bits per heavy atom. The SMILES string of the molecule is CN1CCCC(CNc2nnc(Cc3ccc(Cl)cc3)s2)C1. The molecule has 0 spiro atoms. The van der Waals surface area contributed by atoms with Crippen LogP contribution in [0.5, 0.6) is 0 Å². The summed E-state index contributed by atoms with van der Waals surface area (Å²) in [6, 6.07) is 7.90. The topological polar surface area (TPSA) is 41.0 Å². The molecule has 1 aliphatic heterocycles. The van der Waals surface area contributed by atoms with E-state index in [0.717, 1.165) is 28.1 Å². The summed E-state index contributed by atoms with van der Waals surface area (Å²) in [7, 11) is 2.20. The van der Waals surface area contributed by atoms with Gasteiger partial charge in [-0.2, -0.15) is 0 Å². The van der Waals surface area contributed by atoms with Gasteiger partial charge in [0.25, 0.3) is 0 Å². The van der Waals surface area contributed by atoms with Gasteiger partial charge < -0.3 is 10.2 Å². The molecule has 4 nitrogen and oxygen atoms in total. The summed E-state index contributed by atoms with van der Waals surface area (Å²) in [5, 5.41) is 14.7. The van der Waals surface area contributed by atoms with Gasteiger partial charge in [0.1, 0.15) is 5.01 Å². The lowest BCUT2D eigenvalue weighted by Gasteiger charge is -2.29. The molecule has 1 fully saturated rings. The highest BCUT2D eigenvalue weighted by Crippen LogP contribution is 2.21. The maximum atomic E-state index is 5.91. The summed E-state index contributed by atoms with van der Waals surface area (Å²) >= 11 is 7.55. The van der Waals surface area contributed by atoms with Crippen LogP contribution in [0, 0.1) is 5.92 Å². The van der Waals surface area contributed by atoms with Crippen molar-refractivity contribution in [3.8, 4) is 0 Å². The molecule has 0 saturated carbocycles. The maximum absolute atomic E-state index is 5.91. The first kappa shape index (κ1) is 15.7. The Balaban J connectivity index is 1.51.